The van der Waals surface area contributed by atoms with E-state index in [4.69, 9.17) is 4.74 Å². The van der Waals surface area contributed by atoms with Crippen LogP contribution in [0.2, 0.25) is 0 Å². The molecule has 2 aliphatic carbocycles. The van der Waals surface area contributed by atoms with Gasteiger partial charge in [-0.05, 0) is 56.9 Å². The van der Waals surface area contributed by atoms with E-state index in [0.29, 0.717) is 12.6 Å². The summed E-state index contributed by atoms with van der Waals surface area (Å²) in [5, 5.41) is 13.2. The van der Waals surface area contributed by atoms with Crippen molar-refractivity contribution in [3.63, 3.8) is 0 Å². The molecular formula is C15H29NO2. The van der Waals surface area contributed by atoms with E-state index in [9.17, 15) is 5.11 Å². The monoisotopic (exact) mass is 255 g/mol. The van der Waals surface area contributed by atoms with Gasteiger partial charge in [0.25, 0.3) is 0 Å². The summed E-state index contributed by atoms with van der Waals surface area (Å²) in [6.45, 7) is 1.37. The van der Waals surface area contributed by atoms with Crippen LogP contribution >= 0.6 is 0 Å². The molecule has 2 rings (SSSR count). The fraction of sp³-hybridized carbons (Fsp3) is 1.00. The molecule has 0 aromatic heterocycles. The molecule has 0 aliphatic heterocycles. The second-order valence-corrected chi connectivity index (χ2v) is 6.33. The lowest BCUT2D eigenvalue weighted by Crippen LogP contribution is -2.38. The molecule has 106 valence electrons. The van der Waals surface area contributed by atoms with Crippen LogP contribution in [0.3, 0.4) is 0 Å². The maximum absolute atomic E-state index is 9.58. The van der Waals surface area contributed by atoms with Gasteiger partial charge in [0.05, 0.1) is 12.7 Å². The van der Waals surface area contributed by atoms with Gasteiger partial charge in [0.1, 0.15) is 0 Å². The number of hydrogen-bond acceptors (Lipinski definition) is 3. The number of methoxy groups -OCH3 is 1. The molecular weight excluding hydrogens is 226 g/mol. The van der Waals surface area contributed by atoms with Crippen molar-refractivity contribution in [2.75, 3.05) is 20.3 Å². The summed E-state index contributed by atoms with van der Waals surface area (Å²) in [5.41, 5.74) is 0.730. The number of ether oxygens (including phenoxy) is 1. The normalized spacial score (nSPS) is 25.7. The number of nitrogens with one attached hydrogen (secondary N) is 1. The van der Waals surface area contributed by atoms with Crippen LogP contribution in [0.5, 0.6) is 0 Å². The SMILES string of the molecule is COCC(O)CCNC1CCC2(CCCC2)CC1. The second-order valence-electron chi connectivity index (χ2n) is 6.33. The number of hydrogen-bond donors (Lipinski definition) is 2. The van der Waals surface area contributed by atoms with Gasteiger partial charge in [0.2, 0.25) is 0 Å². The molecule has 0 saturated heterocycles. The lowest BCUT2D eigenvalue weighted by Gasteiger charge is -2.37. The van der Waals surface area contributed by atoms with Crippen LogP contribution in [0.25, 0.3) is 0 Å². The molecule has 3 nitrogen and oxygen atoms in total. The quantitative estimate of drug-likeness (QED) is 0.766. The van der Waals surface area contributed by atoms with Gasteiger partial charge < -0.3 is 15.2 Å². The first-order valence-electron chi connectivity index (χ1n) is 7.64. The van der Waals surface area contributed by atoms with Crippen LogP contribution in [0, 0.1) is 5.41 Å². The smallest absolute Gasteiger partial charge is 0.0785 e. The van der Waals surface area contributed by atoms with E-state index in [-0.39, 0.29) is 6.10 Å². The average molecular weight is 255 g/mol. The van der Waals surface area contributed by atoms with Crippen LogP contribution < -0.4 is 5.32 Å². The summed E-state index contributed by atoms with van der Waals surface area (Å²) in [7, 11) is 1.64. The van der Waals surface area contributed by atoms with Crippen LogP contribution in [0.15, 0.2) is 0 Å². The largest absolute Gasteiger partial charge is 0.391 e. The van der Waals surface area contributed by atoms with Gasteiger partial charge in [-0.25, -0.2) is 0 Å². The van der Waals surface area contributed by atoms with E-state index in [1.54, 1.807) is 7.11 Å². The third-order valence-corrected chi connectivity index (χ3v) is 4.98. The molecule has 0 aromatic rings. The number of aliphatic hydroxyl groups is 1. The van der Waals surface area contributed by atoms with Crippen molar-refractivity contribution in [3.05, 3.63) is 0 Å². The molecule has 2 fully saturated rings. The fourth-order valence-electron chi connectivity index (χ4n) is 3.79. The highest BCUT2D eigenvalue weighted by Crippen LogP contribution is 2.48. The van der Waals surface area contributed by atoms with Crippen molar-refractivity contribution >= 4 is 0 Å². The van der Waals surface area contributed by atoms with Gasteiger partial charge in [0, 0.05) is 13.2 Å². The van der Waals surface area contributed by atoms with E-state index in [1.807, 2.05) is 0 Å². The standard InChI is InChI=1S/C15H29NO2/c1-18-12-14(17)6-11-16-13-4-9-15(10-5-13)7-2-3-8-15/h13-14,16-17H,2-12H2,1H3. The van der Waals surface area contributed by atoms with Crippen molar-refractivity contribution in [2.24, 2.45) is 5.41 Å². The Kier molecular flexibility index (Phi) is 5.46. The maximum Gasteiger partial charge on any atom is 0.0785 e. The van der Waals surface area contributed by atoms with Crippen LogP contribution in [0.1, 0.15) is 57.8 Å². The van der Waals surface area contributed by atoms with E-state index in [0.717, 1.165) is 18.4 Å². The number of rotatable bonds is 6. The van der Waals surface area contributed by atoms with Gasteiger partial charge in [0.15, 0.2) is 0 Å². The van der Waals surface area contributed by atoms with Crippen molar-refractivity contribution in [2.45, 2.75) is 69.9 Å². The molecule has 0 bridgehead atoms. The van der Waals surface area contributed by atoms with Crippen molar-refractivity contribution in [1.82, 2.24) is 5.32 Å². The summed E-state index contributed by atoms with van der Waals surface area (Å²) in [6, 6.07) is 0.686. The molecule has 0 heterocycles. The van der Waals surface area contributed by atoms with Gasteiger partial charge in [-0.1, -0.05) is 12.8 Å². The van der Waals surface area contributed by atoms with E-state index < -0.39 is 0 Å². The van der Waals surface area contributed by atoms with Gasteiger partial charge in [-0.15, -0.1) is 0 Å². The lowest BCUT2D eigenvalue weighted by atomic mass is 9.71. The minimum atomic E-state index is -0.313. The molecule has 3 heteroatoms. The summed E-state index contributed by atoms with van der Waals surface area (Å²) in [6.07, 6.45) is 11.9. The molecule has 18 heavy (non-hydrogen) atoms. The molecule has 2 N–H and O–H groups in total. The van der Waals surface area contributed by atoms with E-state index in [1.165, 1.54) is 51.4 Å². The summed E-state index contributed by atoms with van der Waals surface area (Å²) < 4.78 is 4.93. The van der Waals surface area contributed by atoms with Gasteiger partial charge in [-0.2, -0.15) is 0 Å². The zero-order chi connectivity index (χ0) is 12.8. The van der Waals surface area contributed by atoms with Crippen molar-refractivity contribution < 1.29 is 9.84 Å². The first-order chi connectivity index (χ1) is 8.74. The minimum absolute atomic E-state index is 0.313. The summed E-state index contributed by atoms with van der Waals surface area (Å²) in [4.78, 5) is 0. The molecule has 1 atom stereocenters. The highest BCUT2D eigenvalue weighted by Gasteiger charge is 2.37. The van der Waals surface area contributed by atoms with Gasteiger partial charge in [-0.3, -0.25) is 0 Å². The average Bonchev–Trinajstić information content (AvgIpc) is 2.81. The molecule has 0 amide bonds. The highest BCUT2D eigenvalue weighted by molar-refractivity contribution is 4.91. The van der Waals surface area contributed by atoms with Crippen molar-refractivity contribution in [1.29, 1.82) is 0 Å². The van der Waals surface area contributed by atoms with Crippen LogP contribution in [-0.2, 0) is 4.74 Å². The molecule has 0 radical (unpaired) electrons. The zero-order valence-electron chi connectivity index (χ0n) is 11.8. The Labute approximate surface area is 111 Å². The Balaban J connectivity index is 1.59. The second kappa shape index (κ2) is 6.88. The first kappa shape index (κ1) is 14.3. The Hall–Kier alpha value is -0.120. The Morgan fingerprint density at radius 3 is 2.50 bits per heavy atom. The molecule has 1 unspecified atom stereocenters. The van der Waals surface area contributed by atoms with Crippen LogP contribution in [0.4, 0.5) is 0 Å². The predicted octanol–water partition coefficient (Wildman–Crippen LogP) is 2.48. The Morgan fingerprint density at radius 2 is 1.89 bits per heavy atom. The fourth-order valence-corrected chi connectivity index (χ4v) is 3.79. The minimum Gasteiger partial charge on any atom is -0.391 e. The summed E-state index contributed by atoms with van der Waals surface area (Å²) in [5.74, 6) is 0. The number of aliphatic hydroxyl groups excluding tert-OH is 1. The summed E-state index contributed by atoms with van der Waals surface area (Å²) >= 11 is 0. The van der Waals surface area contributed by atoms with Crippen LogP contribution in [-0.4, -0.2) is 37.5 Å². The predicted molar refractivity (Wildman–Crippen MR) is 73.7 cm³/mol. The molecule has 2 saturated carbocycles. The van der Waals surface area contributed by atoms with Crippen molar-refractivity contribution in [3.8, 4) is 0 Å². The Morgan fingerprint density at radius 1 is 1.22 bits per heavy atom. The first-order valence-corrected chi connectivity index (χ1v) is 7.64. The highest BCUT2D eigenvalue weighted by atomic mass is 16.5. The zero-order valence-corrected chi connectivity index (χ0v) is 11.8. The Bertz CT molecular complexity index is 229. The third-order valence-electron chi connectivity index (χ3n) is 4.98. The van der Waals surface area contributed by atoms with E-state index >= 15 is 0 Å². The van der Waals surface area contributed by atoms with E-state index in [2.05, 4.69) is 5.32 Å². The third kappa shape index (κ3) is 3.94. The topological polar surface area (TPSA) is 41.5 Å². The lowest BCUT2D eigenvalue weighted by molar-refractivity contribution is 0.0581. The molecule has 0 aromatic carbocycles. The molecule has 2 aliphatic rings. The maximum atomic E-state index is 9.58. The van der Waals surface area contributed by atoms with Gasteiger partial charge >= 0.3 is 0 Å². The molecule has 1 spiro atoms.